The summed E-state index contributed by atoms with van der Waals surface area (Å²) in [6.45, 7) is 8.89. The molecule has 140 valence electrons. The number of aliphatic hydroxyl groups excluding tert-OH is 1. The third-order valence-electron chi connectivity index (χ3n) is 4.71. The van der Waals surface area contributed by atoms with Gasteiger partial charge in [-0.3, -0.25) is 10.2 Å². The van der Waals surface area contributed by atoms with Gasteiger partial charge in [0, 0.05) is 24.7 Å². The highest BCUT2D eigenvalue weighted by Gasteiger charge is 2.25. The molecule has 0 spiro atoms. The monoisotopic (exact) mass is 358 g/mol. The van der Waals surface area contributed by atoms with Crippen LogP contribution < -0.4 is 5.32 Å². The molecule has 1 amide bonds. The normalized spacial score (nSPS) is 17.4. The van der Waals surface area contributed by atoms with Crippen molar-refractivity contribution in [1.82, 2.24) is 14.9 Å². The summed E-state index contributed by atoms with van der Waals surface area (Å²) in [4.78, 5) is 21.4. The Bertz CT molecular complexity index is 778. The average molecular weight is 358 g/mol. The third kappa shape index (κ3) is 4.05. The number of aromatic amines is 1. The topological polar surface area (TPSA) is 90.5 Å². The van der Waals surface area contributed by atoms with Crippen LogP contribution in [-0.2, 0) is 4.74 Å². The molecule has 0 saturated carbocycles. The maximum absolute atomic E-state index is 11.8. The summed E-state index contributed by atoms with van der Waals surface area (Å²) in [5.74, 6) is 0.386. The molecule has 1 aliphatic rings. The van der Waals surface area contributed by atoms with Gasteiger partial charge in [0.2, 0.25) is 0 Å². The molecule has 2 aromatic heterocycles. The summed E-state index contributed by atoms with van der Waals surface area (Å²) in [5, 5.41) is 13.6. The van der Waals surface area contributed by atoms with Gasteiger partial charge in [0.25, 0.3) is 0 Å². The molecular formula is C19H26N4O3. The highest BCUT2D eigenvalue weighted by Crippen LogP contribution is 2.34. The number of carbonyl (C=O) groups excluding carboxylic acids is 1. The quantitative estimate of drug-likeness (QED) is 0.714. The Morgan fingerprint density at radius 3 is 2.88 bits per heavy atom. The Morgan fingerprint density at radius 2 is 2.23 bits per heavy atom. The summed E-state index contributed by atoms with van der Waals surface area (Å²) < 4.78 is 5.12. The second-order valence-corrected chi connectivity index (χ2v) is 6.90. The number of likely N-dealkylation sites (tertiary alicyclic amines) is 1. The van der Waals surface area contributed by atoms with Gasteiger partial charge >= 0.3 is 6.09 Å². The van der Waals surface area contributed by atoms with Gasteiger partial charge in [0.15, 0.2) is 0 Å². The van der Waals surface area contributed by atoms with Crippen LogP contribution in [0.25, 0.3) is 11.0 Å². The van der Waals surface area contributed by atoms with E-state index in [9.17, 15) is 9.90 Å². The number of carbonyl (C=O) groups is 1. The van der Waals surface area contributed by atoms with E-state index in [0.717, 1.165) is 37.0 Å². The van der Waals surface area contributed by atoms with Gasteiger partial charge in [-0.05, 0) is 50.3 Å². The number of aliphatic hydroxyl groups is 1. The van der Waals surface area contributed by atoms with Crippen LogP contribution in [0.2, 0.25) is 0 Å². The Kier molecular flexibility index (Phi) is 5.58. The van der Waals surface area contributed by atoms with Crippen molar-refractivity contribution in [3.63, 3.8) is 0 Å². The van der Waals surface area contributed by atoms with E-state index in [1.54, 1.807) is 26.1 Å². The number of hydrogen-bond acceptors (Lipinski definition) is 5. The van der Waals surface area contributed by atoms with Gasteiger partial charge in [0.05, 0.1) is 18.0 Å². The second kappa shape index (κ2) is 7.88. The van der Waals surface area contributed by atoms with Crippen molar-refractivity contribution in [1.29, 1.82) is 0 Å². The van der Waals surface area contributed by atoms with E-state index < -0.39 is 12.3 Å². The fraction of sp³-hybridized carbons (Fsp3) is 0.474. The van der Waals surface area contributed by atoms with E-state index in [0.29, 0.717) is 11.6 Å². The zero-order valence-corrected chi connectivity index (χ0v) is 15.2. The standard InChI is InChI=1S/C19H26N4O3/c1-4-17(24)23-7-5-13(6-8-23)16-11-21-18-15(16)9-14(10-20-18)22-19(25)26-12(2)3/h4,9-13,17,24H,1,5-8H2,2-3H3,(H,20,21)(H,22,25). The van der Waals surface area contributed by atoms with Gasteiger partial charge in [-0.1, -0.05) is 6.58 Å². The molecular weight excluding hydrogens is 332 g/mol. The first kappa shape index (κ1) is 18.4. The highest BCUT2D eigenvalue weighted by molar-refractivity contribution is 5.89. The van der Waals surface area contributed by atoms with Crippen molar-refractivity contribution in [2.24, 2.45) is 0 Å². The maximum Gasteiger partial charge on any atom is 0.411 e. The van der Waals surface area contributed by atoms with Gasteiger partial charge in [-0.2, -0.15) is 0 Å². The van der Waals surface area contributed by atoms with Crippen molar-refractivity contribution in [3.8, 4) is 0 Å². The first-order valence-electron chi connectivity index (χ1n) is 8.97. The van der Waals surface area contributed by atoms with E-state index in [2.05, 4.69) is 21.9 Å². The number of pyridine rings is 1. The minimum atomic E-state index is -0.580. The smallest absolute Gasteiger partial charge is 0.411 e. The lowest BCUT2D eigenvalue weighted by Gasteiger charge is -2.33. The van der Waals surface area contributed by atoms with Crippen molar-refractivity contribution in [2.75, 3.05) is 18.4 Å². The number of nitrogens with zero attached hydrogens (tertiary/aromatic N) is 2. The lowest BCUT2D eigenvalue weighted by Crippen LogP contribution is -2.39. The minimum Gasteiger partial charge on any atom is -0.447 e. The highest BCUT2D eigenvalue weighted by atomic mass is 16.6. The summed E-state index contributed by atoms with van der Waals surface area (Å²) >= 11 is 0. The molecule has 0 aromatic carbocycles. The molecule has 1 aliphatic heterocycles. The molecule has 2 aromatic rings. The third-order valence-corrected chi connectivity index (χ3v) is 4.71. The van der Waals surface area contributed by atoms with E-state index in [-0.39, 0.29) is 6.10 Å². The van der Waals surface area contributed by atoms with Crippen molar-refractivity contribution in [3.05, 3.63) is 36.7 Å². The van der Waals surface area contributed by atoms with Gasteiger partial charge in [-0.25, -0.2) is 9.78 Å². The zero-order chi connectivity index (χ0) is 18.7. The molecule has 26 heavy (non-hydrogen) atoms. The molecule has 3 N–H and O–H groups in total. The number of hydrogen-bond donors (Lipinski definition) is 3. The molecule has 3 heterocycles. The van der Waals surface area contributed by atoms with Crippen molar-refractivity contribution in [2.45, 2.75) is 44.9 Å². The molecule has 7 nitrogen and oxygen atoms in total. The second-order valence-electron chi connectivity index (χ2n) is 6.90. The first-order valence-corrected chi connectivity index (χ1v) is 8.97. The van der Waals surface area contributed by atoms with Crippen LogP contribution in [0, 0.1) is 0 Å². The maximum atomic E-state index is 11.8. The summed E-state index contributed by atoms with van der Waals surface area (Å²) in [7, 11) is 0. The Balaban J connectivity index is 1.74. The van der Waals surface area contributed by atoms with Gasteiger partial charge in [-0.15, -0.1) is 0 Å². The fourth-order valence-corrected chi connectivity index (χ4v) is 3.42. The van der Waals surface area contributed by atoms with E-state index in [1.165, 1.54) is 5.56 Å². The number of amides is 1. The van der Waals surface area contributed by atoms with Crippen LogP contribution in [0.15, 0.2) is 31.1 Å². The number of H-pyrrole nitrogens is 1. The van der Waals surface area contributed by atoms with Crippen LogP contribution in [0.3, 0.4) is 0 Å². The van der Waals surface area contributed by atoms with Crippen LogP contribution >= 0.6 is 0 Å². The van der Waals surface area contributed by atoms with Crippen LogP contribution in [0.5, 0.6) is 0 Å². The summed E-state index contributed by atoms with van der Waals surface area (Å²) in [6, 6.07) is 1.93. The molecule has 0 radical (unpaired) electrons. The fourth-order valence-electron chi connectivity index (χ4n) is 3.42. The number of ether oxygens (including phenoxy) is 1. The summed E-state index contributed by atoms with van der Waals surface area (Å²) in [5.41, 5.74) is 2.61. The van der Waals surface area contributed by atoms with Crippen molar-refractivity contribution < 1.29 is 14.6 Å². The van der Waals surface area contributed by atoms with Crippen LogP contribution in [-0.4, -0.2) is 51.5 Å². The zero-order valence-electron chi connectivity index (χ0n) is 15.2. The van der Waals surface area contributed by atoms with Gasteiger partial charge < -0.3 is 14.8 Å². The molecule has 0 aliphatic carbocycles. The predicted molar refractivity (Wildman–Crippen MR) is 101 cm³/mol. The predicted octanol–water partition coefficient (Wildman–Crippen LogP) is 3.20. The molecule has 1 atom stereocenters. The van der Waals surface area contributed by atoms with Crippen molar-refractivity contribution >= 4 is 22.8 Å². The number of rotatable bonds is 5. The lowest BCUT2D eigenvalue weighted by atomic mass is 9.89. The average Bonchev–Trinajstić information content (AvgIpc) is 3.03. The Labute approximate surface area is 153 Å². The van der Waals surface area contributed by atoms with Crippen LogP contribution in [0.4, 0.5) is 10.5 Å². The largest absolute Gasteiger partial charge is 0.447 e. The minimum absolute atomic E-state index is 0.175. The van der Waals surface area contributed by atoms with Crippen LogP contribution in [0.1, 0.15) is 38.2 Å². The number of anilines is 1. The molecule has 1 saturated heterocycles. The molecule has 3 rings (SSSR count). The molecule has 7 heteroatoms. The molecule has 0 bridgehead atoms. The lowest BCUT2D eigenvalue weighted by molar-refractivity contribution is 0.0245. The molecule has 1 fully saturated rings. The molecule has 1 unspecified atom stereocenters. The number of piperidine rings is 1. The first-order chi connectivity index (χ1) is 12.5. The van der Waals surface area contributed by atoms with E-state index in [1.807, 2.05) is 17.2 Å². The van der Waals surface area contributed by atoms with E-state index >= 15 is 0 Å². The number of nitrogens with one attached hydrogen (secondary N) is 2. The van der Waals surface area contributed by atoms with E-state index in [4.69, 9.17) is 4.74 Å². The Morgan fingerprint density at radius 1 is 1.50 bits per heavy atom. The number of fused-ring (bicyclic) bond motifs is 1. The number of aromatic nitrogens is 2. The Hall–Kier alpha value is -2.38. The summed E-state index contributed by atoms with van der Waals surface area (Å²) in [6.07, 6.45) is 5.84. The van der Waals surface area contributed by atoms with Gasteiger partial charge in [0.1, 0.15) is 11.9 Å². The SMILES string of the molecule is C=CC(O)N1CCC(c2c[nH]c3ncc(NC(=O)OC(C)C)cc23)CC1.